The number of thioether (sulfide) groups is 1. The number of rotatable bonds is 5. The van der Waals surface area contributed by atoms with Crippen molar-refractivity contribution in [2.75, 3.05) is 5.43 Å². The fourth-order valence-corrected chi connectivity index (χ4v) is 2.79. The van der Waals surface area contributed by atoms with Gasteiger partial charge in [-0.15, -0.1) is 0 Å². The van der Waals surface area contributed by atoms with Gasteiger partial charge in [-0.3, -0.25) is 16.0 Å². The van der Waals surface area contributed by atoms with E-state index in [2.05, 4.69) is 15.4 Å². The minimum atomic E-state index is -0.429. The molecule has 1 heterocycles. The summed E-state index contributed by atoms with van der Waals surface area (Å²) in [6.07, 6.45) is 0. The number of hydrogen-bond acceptors (Lipinski definition) is 7. The Morgan fingerprint density at radius 2 is 1.95 bits per heavy atom. The van der Waals surface area contributed by atoms with E-state index in [1.54, 1.807) is 6.07 Å². The fourth-order valence-electron chi connectivity index (χ4n) is 1.85. The average Bonchev–Trinajstić information content (AvgIpc) is 2.43. The monoisotopic (exact) mass is 305 g/mol. The number of nitrogen functional groups attached to an aromatic ring is 1. The molecule has 0 fully saturated rings. The Labute approximate surface area is 126 Å². The maximum atomic E-state index is 10.8. The minimum absolute atomic E-state index is 0.0333. The number of benzene rings is 1. The number of hydrogen-bond donors (Lipinski definition) is 2. The van der Waals surface area contributed by atoms with Gasteiger partial charge in [0.2, 0.25) is 0 Å². The molecular formula is C13H15N5O2S. The van der Waals surface area contributed by atoms with Crippen LogP contribution < -0.4 is 11.3 Å². The molecule has 2 rings (SSSR count). The third-order valence-electron chi connectivity index (χ3n) is 2.77. The molecule has 0 saturated heterocycles. The Balaban J connectivity index is 2.21. The van der Waals surface area contributed by atoms with E-state index in [0.29, 0.717) is 16.6 Å². The Morgan fingerprint density at radius 1 is 1.29 bits per heavy atom. The van der Waals surface area contributed by atoms with Crippen molar-refractivity contribution in [2.24, 2.45) is 5.84 Å². The van der Waals surface area contributed by atoms with Crippen molar-refractivity contribution < 1.29 is 4.92 Å². The van der Waals surface area contributed by atoms with Crippen LogP contribution in [0.3, 0.4) is 0 Å². The van der Waals surface area contributed by atoms with Gasteiger partial charge in [0.25, 0.3) is 5.69 Å². The smallest absolute Gasteiger partial charge is 0.269 e. The summed E-state index contributed by atoms with van der Waals surface area (Å²) in [4.78, 5) is 19.1. The van der Waals surface area contributed by atoms with Crippen molar-refractivity contribution >= 4 is 23.1 Å². The van der Waals surface area contributed by atoms with Gasteiger partial charge in [-0.2, -0.15) is 0 Å². The molecule has 7 nitrogen and oxygen atoms in total. The second-order valence-electron chi connectivity index (χ2n) is 4.46. The van der Waals surface area contributed by atoms with Crippen LogP contribution in [0.15, 0.2) is 29.4 Å². The molecule has 0 atom stereocenters. The minimum Gasteiger partial charge on any atom is -0.324 e. The summed E-state index contributed by atoms with van der Waals surface area (Å²) in [6.45, 7) is 3.80. The van der Waals surface area contributed by atoms with E-state index in [-0.39, 0.29) is 5.69 Å². The van der Waals surface area contributed by atoms with E-state index >= 15 is 0 Å². The number of nitrogens with one attached hydrogen (secondary N) is 1. The van der Waals surface area contributed by atoms with Crippen molar-refractivity contribution in [1.29, 1.82) is 0 Å². The van der Waals surface area contributed by atoms with Crippen LogP contribution in [0.25, 0.3) is 0 Å². The van der Waals surface area contributed by atoms with Crippen molar-refractivity contribution in [2.45, 2.75) is 24.8 Å². The fraction of sp³-hybridized carbons (Fsp3) is 0.231. The predicted octanol–water partition coefficient (Wildman–Crippen LogP) is 2.58. The summed E-state index contributed by atoms with van der Waals surface area (Å²) in [5, 5.41) is 11.5. The number of anilines is 1. The SMILES string of the molecule is Cc1cc(C)nc(SCc2cc([N+](=O)[O-])ccc2NN)n1. The zero-order chi connectivity index (χ0) is 15.4. The predicted molar refractivity (Wildman–Crippen MR) is 82.0 cm³/mol. The normalized spacial score (nSPS) is 10.4. The van der Waals surface area contributed by atoms with Crippen LogP contribution in [0.5, 0.6) is 0 Å². The maximum absolute atomic E-state index is 10.8. The van der Waals surface area contributed by atoms with E-state index in [1.807, 2.05) is 19.9 Å². The zero-order valence-corrected chi connectivity index (χ0v) is 12.5. The molecule has 0 aliphatic rings. The Kier molecular flexibility index (Phi) is 4.71. The number of aryl methyl sites for hydroxylation is 2. The number of nitrogens with zero attached hydrogens (tertiary/aromatic N) is 3. The number of non-ortho nitro benzene ring substituents is 1. The first-order valence-electron chi connectivity index (χ1n) is 6.18. The second kappa shape index (κ2) is 6.51. The van der Waals surface area contributed by atoms with Gasteiger partial charge >= 0.3 is 0 Å². The maximum Gasteiger partial charge on any atom is 0.269 e. The van der Waals surface area contributed by atoms with Gasteiger partial charge in [-0.1, -0.05) is 11.8 Å². The standard InChI is InChI=1S/C13H15N5O2S/c1-8-5-9(2)16-13(15-8)21-7-10-6-11(18(19)20)3-4-12(10)17-14/h3-6,17H,7,14H2,1-2H3. The third-order valence-corrected chi connectivity index (χ3v) is 3.67. The summed E-state index contributed by atoms with van der Waals surface area (Å²) in [7, 11) is 0. The van der Waals surface area contributed by atoms with Gasteiger partial charge in [-0.25, -0.2) is 9.97 Å². The van der Waals surface area contributed by atoms with E-state index in [1.165, 1.54) is 23.9 Å². The quantitative estimate of drug-likeness (QED) is 0.287. The highest BCUT2D eigenvalue weighted by Gasteiger charge is 2.11. The zero-order valence-electron chi connectivity index (χ0n) is 11.7. The van der Waals surface area contributed by atoms with E-state index in [0.717, 1.165) is 17.0 Å². The molecule has 0 aliphatic heterocycles. The lowest BCUT2D eigenvalue weighted by Gasteiger charge is -2.08. The lowest BCUT2D eigenvalue weighted by Crippen LogP contribution is -2.09. The van der Waals surface area contributed by atoms with Gasteiger partial charge in [-0.05, 0) is 31.5 Å². The number of aromatic nitrogens is 2. The van der Waals surface area contributed by atoms with Gasteiger partial charge in [0, 0.05) is 29.3 Å². The lowest BCUT2D eigenvalue weighted by molar-refractivity contribution is -0.384. The van der Waals surface area contributed by atoms with Gasteiger partial charge in [0.1, 0.15) is 0 Å². The van der Waals surface area contributed by atoms with Crippen molar-refractivity contribution in [3.8, 4) is 0 Å². The summed E-state index contributed by atoms with van der Waals surface area (Å²) >= 11 is 1.41. The van der Waals surface area contributed by atoms with Crippen LogP contribution in [0.1, 0.15) is 17.0 Å². The van der Waals surface area contributed by atoms with E-state index in [9.17, 15) is 10.1 Å². The summed E-state index contributed by atoms with van der Waals surface area (Å²) in [6, 6.07) is 6.40. The number of hydrazine groups is 1. The molecular weight excluding hydrogens is 290 g/mol. The summed E-state index contributed by atoms with van der Waals surface area (Å²) in [5.74, 6) is 5.92. The Morgan fingerprint density at radius 3 is 2.52 bits per heavy atom. The molecule has 0 spiro atoms. The molecule has 1 aromatic heterocycles. The number of nitro benzene ring substituents is 1. The molecule has 1 aromatic carbocycles. The highest BCUT2D eigenvalue weighted by molar-refractivity contribution is 7.98. The van der Waals surface area contributed by atoms with E-state index < -0.39 is 4.92 Å². The molecule has 2 aromatic rings. The Bertz CT molecular complexity index is 657. The number of nitro groups is 1. The average molecular weight is 305 g/mol. The summed E-state index contributed by atoms with van der Waals surface area (Å²) < 4.78 is 0. The second-order valence-corrected chi connectivity index (χ2v) is 5.41. The molecule has 0 radical (unpaired) electrons. The molecule has 0 saturated carbocycles. The summed E-state index contributed by atoms with van der Waals surface area (Å²) in [5.41, 5.74) is 5.74. The molecule has 0 bridgehead atoms. The van der Waals surface area contributed by atoms with Crippen molar-refractivity contribution in [3.05, 3.63) is 51.3 Å². The first-order chi connectivity index (χ1) is 9.99. The van der Waals surface area contributed by atoms with Gasteiger partial charge in [0.15, 0.2) is 5.16 Å². The van der Waals surface area contributed by atoms with Crippen LogP contribution in [0, 0.1) is 24.0 Å². The first-order valence-corrected chi connectivity index (χ1v) is 7.17. The van der Waals surface area contributed by atoms with Crippen LogP contribution in [0.4, 0.5) is 11.4 Å². The van der Waals surface area contributed by atoms with Crippen LogP contribution in [0.2, 0.25) is 0 Å². The third kappa shape index (κ3) is 3.89. The van der Waals surface area contributed by atoms with Crippen LogP contribution >= 0.6 is 11.8 Å². The highest BCUT2D eigenvalue weighted by atomic mass is 32.2. The number of nitrogens with two attached hydrogens (primary N) is 1. The topological polar surface area (TPSA) is 107 Å². The van der Waals surface area contributed by atoms with E-state index in [4.69, 9.17) is 5.84 Å². The molecule has 0 amide bonds. The molecule has 21 heavy (non-hydrogen) atoms. The molecule has 0 unspecified atom stereocenters. The Hall–Kier alpha value is -2.19. The molecule has 110 valence electrons. The first kappa shape index (κ1) is 15.2. The lowest BCUT2D eigenvalue weighted by atomic mass is 10.2. The largest absolute Gasteiger partial charge is 0.324 e. The van der Waals surface area contributed by atoms with Crippen molar-refractivity contribution in [1.82, 2.24) is 9.97 Å². The van der Waals surface area contributed by atoms with Crippen LogP contribution in [-0.2, 0) is 5.75 Å². The molecule has 8 heteroatoms. The van der Waals surface area contributed by atoms with Crippen molar-refractivity contribution in [3.63, 3.8) is 0 Å². The highest BCUT2D eigenvalue weighted by Crippen LogP contribution is 2.27. The molecule has 3 N–H and O–H groups in total. The van der Waals surface area contributed by atoms with Gasteiger partial charge < -0.3 is 5.43 Å². The molecule has 0 aliphatic carbocycles. The van der Waals surface area contributed by atoms with Crippen LogP contribution in [-0.4, -0.2) is 14.9 Å². The van der Waals surface area contributed by atoms with Gasteiger partial charge in [0.05, 0.1) is 10.6 Å².